The predicted molar refractivity (Wildman–Crippen MR) is 89.2 cm³/mol. The smallest absolute Gasteiger partial charge is 0.387 e. The summed E-state index contributed by atoms with van der Waals surface area (Å²) in [6.45, 7) is 1.39. The SMILES string of the molecule is CCc1cc(C(=O)NCc2ccc(OC(F)F)c(OC)c2)sc1C. The fraction of sp³-hybridized carbons (Fsp3) is 0.353. The van der Waals surface area contributed by atoms with Gasteiger partial charge in [0, 0.05) is 11.4 Å². The number of halogens is 2. The van der Waals surface area contributed by atoms with Crippen LogP contribution in [0.15, 0.2) is 24.3 Å². The molecule has 1 aromatic carbocycles. The van der Waals surface area contributed by atoms with E-state index < -0.39 is 6.61 Å². The molecule has 2 aromatic rings. The van der Waals surface area contributed by atoms with Crippen molar-refractivity contribution >= 4 is 17.2 Å². The lowest BCUT2D eigenvalue weighted by Crippen LogP contribution is -2.21. The third-order valence-electron chi connectivity index (χ3n) is 3.52. The van der Waals surface area contributed by atoms with Crippen molar-refractivity contribution in [1.82, 2.24) is 5.32 Å². The molecule has 1 amide bonds. The van der Waals surface area contributed by atoms with Gasteiger partial charge in [0.1, 0.15) is 0 Å². The van der Waals surface area contributed by atoms with Gasteiger partial charge < -0.3 is 14.8 Å². The number of ether oxygens (including phenoxy) is 2. The van der Waals surface area contributed by atoms with E-state index in [-0.39, 0.29) is 24.0 Å². The summed E-state index contributed by atoms with van der Waals surface area (Å²) in [6, 6.07) is 6.47. The normalized spacial score (nSPS) is 10.8. The van der Waals surface area contributed by atoms with Gasteiger partial charge in [-0.3, -0.25) is 4.79 Å². The average Bonchev–Trinajstić information content (AvgIpc) is 2.94. The molecule has 0 radical (unpaired) electrons. The molecule has 2 rings (SSSR count). The fourth-order valence-electron chi connectivity index (χ4n) is 2.27. The molecule has 0 bridgehead atoms. The van der Waals surface area contributed by atoms with E-state index in [9.17, 15) is 13.6 Å². The quantitative estimate of drug-likeness (QED) is 0.811. The zero-order valence-corrected chi connectivity index (χ0v) is 14.5. The van der Waals surface area contributed by atoms with Crippen molar-refractivity contribution in [1.29, 1.82) is 0 Å². The summed E-state index contributed by atoms with van der Waals surface area (Å²) >= 11 is 1.46. The van der Waals surface area contributed by atoms with E-state index in [0.29, 0.717) is 4.88 Å². The first-order chi connectivity index (χ1) is 11.4. The largest absolute Gasteiger partial charge is 0.493 e. The van der Waals surface area contributed by atoms with Crippen LogP contribution in [-0.4, -0.2) is 19.6 Å². The van der Waals surface area contributed by atoms with Crippen LogP contribution in [0.3, 0.4) is 0 Å². The van der Waals surface area contributed by atoms with Crippen molar-refractivity contribution < 1.29 is 23.0 Å². The number of hydrogen-bond donors (Lipinski definition) is 1. The van der Waals surface area contributed by atoms with E-state index in [1.165, 1.54) is 30.1 Å². The first-order valence-corrected chi connectivity index (χ1v) is 8.25. The summed E-state index contributed by atoms with van der Waals surface area (Å²) in [5, 5.41) is 2.82. The molecule has 0 fully saturated rings. The number of thiophene rings is 1. The molecule has 0 aliphatic carbocycles. The highest BCUT2D eigenvalue weighted by Crippen LogP contribution is 2.29. The molecular formula is C17H19F2NO3S. The number of carbonyl (C=O) groups is 1. The van der Waals surface area contributed by atoms with Gasteiger partial charge in [-0.05, 0) is 42.7 Å². The Morgan fingerprint density at radius 1 is 1.29 bits per heavy atom. The number of benzene rings is 1. The highest BCUT2D eigenvalue weighted by atomic mass is 32.1. The minimum Gasteiger partial charge on any atom is -0.493 e. The van der Waals surface area contributed by atoms with Gasteiger partial charge in [0.25, 0.3) is 5.91 Å². The summed E-state index contributed by atoms with van der Waals surface area (Å²) < 4.78 is 34.0. The molecule has 1 aromatic heterocycles. The molecule has 1 heterocycles. The molecule has 0 aliphatic heterocycles. The van der Waals surface area contributed by atoms with Crippen LogP contribution in [0.1, 0.15) is 32.6 Å². The van der Waals surface area contributed by atoms with Gasteiger partial charge >= 0.3 is 6.61 Å². The second-order valence-electron chi connectivity index (χ2n) is 5.09. The monoisotopic (exact) mass is 355 g/mol. The van der Waals surface area contributed by atoms with Gasteiger partial charge in [-0.15, -0.1) is 11.3 Å². The second kappa shape index (κ2) is 8.10. The number of alkyl halides is 2. The molecule has 0 atom stereocenters. The number of carbonyl (C=O) groups excluding carboxylic acids is 1. The van der Waals surface area contributed by atoms with E-state index in [2.05, 4.69) is 10.1 Å². The van der Waals surface area contributed by atoms with Crippen molar-refractivity contribution in [3.8, 4) is 11.5 Å². The van der Waals surface area contributed by atoms with Crippen LogP contribution in [0.2, 0.25) is 0 Å². The van der Waals surface area contributed by atoms with Crippen LogP contribution in [0.25, 0.3) is 0 Å². The number of methoxy groups -OCH3 is 1. The molecule has 1 N–H and O–H groups in total. The molecule has 0 saturated carbocycles. The van der Waals surface area contributed by atoms with Crippen molar-refractivity contribution in [2.75, 3.05) is 7.11 Å². The molecular weight excluding hydrogens is 336 g/mol. The van der Waals surface area contributed by atoms with Gasteiger partial charge in [-0.25, -0.2) is 0 Å². The predicted octanol–water partition coefficient (Wildman–Crippen LogP) is 4.16. The molecule has 0 aliphatic rings. The Balaban J connectivity index is 2.04. The number of amides is 1. The van der Waals surface area contributed by atoms with Gasteiger partial charge in [0.15, 0.2) is 11.5 Å². The minimum atomic E-state index is -2.92. The van der Waals surface area contributed by atoms with Crippen LogP contribution in [0, 0.1) is 6.92 Å². The first kappa shape index (κ1) is 18.2. The molecule has 130 valence electrons. The van der Waals surface area contributed by atoms with E-state index in [0.717, 1.165) is 16.9 Å². The van der Waals surface area contributed by atoms with Gasteiger partial charge in [-0.2, -0.15) is 8.78 Å². The fourth-order valence-corrected chi connectivity index (χ4v) is 3.30. The Morgan fingerprint density at radius 2 is 2.04 bits per heavy atom. The van der Waals surface area contributed by atoms with Crippen molar-refractivity contribution in [3.63, 3.8) is 0 Å². The highest BCUT2D eigenvalue weighted by molar-refractivity contribution is 7.14. The molecule has 24 heavy (non-hydrogen) atoms. The number of hydrogen-bond acceptors (Lipinski definition) is 4. The standard InChI is InChI=1S/C17H19F2NO3S/c1-4-12-8-15(24-10(12)2)16(21)20-9-11-5-6-13(23-17(18)19)14(7-11)22-3/h5-8,17H,4,9H2,1-3H3,(H,20,21). The van der Waals surface area contributed by atoms with Crippen LogP contribution in [0.5, 0.6) is 11.5 Å². The van der Waals surface area contributed by atoms with E-state index in [1.807, 2.05) is 19.9 Å². The van der Waals surface area contributed by atoms with E-state index in [1.54, 1.807) is 12.1 Å². The summed E-state index contributed by atoms with van der Waals surface area (Å²) in [5.74, 6) is 0.000931. The molecule has 0 unspecified atom stereocenters. The number of rotatable bonds is 7. The molecule has 0 saturated heterocycles. The van der Waals surface area contributed by atoms with Crippen molar-refractivity contribution in [3.05, 3.63) is 45.1 Å². The highest BCUT2D eigenvalue weighted by Gasteiger charge is 2.13. The Labute approximate surface area is 143 Å². The lowest BCUT2D eigenvalue weighted by Gasteiger charge is -2.11. The van der Waals surface area contributed by atoms with E-state index >= 15 is 0 Å². The summed E-state index contributed by atoms with van der Waals surface area (Å²) in [7, 11) is 1.37. The van der Waals surface area contributed by atoms with Crippen LogP contribution >= 0.6 is 11.3 Å². The Morgan fingerprint density at radius 3 is 2.62 bits per heavy atom. The average molecular weight is 355 g/mol. The lowest BCUT2D eigenvalue weighted by atomic mass is 10.2. The van der Waals surface area contributed by atoms with Crippen LogP contribution < -0.4 is 14.8 Å². The maximum Gasteiger partial charge on any atom is 0.387 e. The third kappa shape index (κ3) is 4.44. The van der Waals surface area contributed by atoms with Crippen LogP contribution in [0.4, 0.5) is 8.78 Å². The molecule has 0 spiro atoms. The molecule has 7 heteroatoms. The van der Waals surface area contributed by atoms with Gasteiger partial charge in [0.2, 0.25) is 0 Å². The zero-order chi connectivity index (χ0) is 17.7. The van der Waals surface area contributed by atoms with Crippen molar-refractivity contribution in [2.24, 2.45) is 0 Å². The Kier molecular flexibility index (Phi) is 6.14. The summed E-state index contributed by atoms with van der Waals surface area (Å²) in [4.78, 5) is 14.0. The maximum atomic E-state index is 12.3. The van der Waals surface area contributed by atoms with Crippen molar-refractivity contribution in [2.45, 2.75) is 33.4 Å². The Hall–Kier alpha value is -2.15. The van der Waals surface area contributed by atoms with Gasteiger partial charge in [0.05, 0.1) is 12.0 Å². The van der Waals surface area contributed by atoms with Crippen LogP contribution in [-0.2, 0) is 13.0 Å². The Bertz CT molecular complexity index is 716. The third-order valence-corrected chi connectivity index (χ3v) is 4.61. The molecule has 4 nitrogen and oxygen atoms in total. The lowest BCUT2D eigenvalue weighted by molar-refractivity contribution is -0.0512. The summed E-state index contributed by atoms with van der Waals surface area (Å²) in [6.07, 6.45) is 0.887. The first-order valence-electron chi connectivity index (χ1n) is 7.43. The van der Waals surface area contributed by atoms with Gasteiger partial charge in [-0.1, -0.05) is 13.0 Å². The topological polar surface area (TPSA) is 47.6 Å². The number of nitrogens with one attached hydrogen (secondary N) is 1. The summed E-state index contributed by atoms with van der Waals surface area (Å²) in [5.41, 5.74) is 1.89. The maximum absolute atomic E-state index is 12.3. The number of aryl methyl sites for hydroxylation is 2. The minimum absolute atomic E-state index is 0.0379. The zero-order valence-electron chi connectivity index (χ0n) is 13.7. The second-order valence-corrected chi connectivity index (χ2v) is 6.35. The van der Waals surface area contributed by atoms with E-state index in [4.69, 9.17) is 4.74 Å².